The van der Waals surface area contributed by atoms with Gasteiger partial charge in [0.15, 0.2) is 0 Å². The van der Waals surface area contributed by atoms with Crippen molar-refractivity contribution >= 4 is 5.70 Å². The number of ether oxygens (including phenoxy) is 1. The molecule has 4 rings (SSSR count). The summed E-state index contributed by atoms with van der Waals surface area (Å²) in [6, 6.07) is 6.15. The van der Waals surface area contributed by atoms with Crippen molar-refractivity contribution in [3.8, 4) is 0 Å². The molecule has 2 aliphatic rings. The fourth-order valence-electron chi connectivity index (χ4n) is 5.17. The van der Waals surface area contributed by atoms with E-state index in [1.54, 1.807) is 29.7 Å². The highest BCUT2D eigenvalue weighted by atomic mass is 19.1. The van der Waals surface area contributed by atoms with Crippen LogP contribution in [0.1, 0.15) is 23.7 Å². The Morgan fingerprint density at radius 2 is 1.84 bits per heavy atom. The second-order valence-electron chi connectivity index (χ2n) is 9.38. The molecule has 1 aromatic heterocycles. The quantitative estimate of drug-likeness (QED) is 0.514. The van der Waals surface area contributed by atoms with Crippen molar-refractivity contribution in [1.29, 1.82) is 0 Å². The Kier molecular flexibility index (Phi) is 8.41. The molecule has 0 bridgehead atoms. The van der Waals surface area contributed by atoms with Gasteiger partial charge in [-0.15, -0.1) is 0 Å². The number of rotatable bonds is 8. The first-order valence-corrected chi connectivity index (χ1v) is 12.7. The number of morpholine rings is 1. The minimum atomic E-state index is -0.329. The Labute approximate surface area is 217 Å². The van der Waals surface area contributed by atoms with Crippen molar-refractivity contribution in [2.45, 2.75) is 39.5 Å². The van der Waals surface area contributed by atoms with Gasteiger partial charge >= 0.3 is 5.69 Å². The van der Waals surface area contributed by atoms with Gasteiger partial charge in [0, 0.05) is 38.3 Å². The molecule has 0 aliphatic carbocycles. The summed E-state index contributed by atoms with van der Waals surface area (Å²) in [7, 11) is 0. The third kappa shape index (κ3) is 5.60. The summed E-state index contributed by atoms with van der Waals surface area (Å²) in [4.78, 5) is 31.6. The maximum Gasteiger partial charge on any atom is 0.331 e. The lowest BCUT2D eigenvalue weighted by atomic mass is 10.0. The molecule has 0 saturated carbocycles. The number of nitrogens with zero attached hydrogens (tertiary/aromatic N) is 4. The zero-order valence-electron chi connectivity index (χ0n) is 21.7. The lowest BCUT2D eigenvalue weighted by molar-refractivity contribution is 0.0206. The largest absolute Gasteiger partial charge is 0.379 e. The maximum absolute atomic E-state index is 13.7. The molecule has 2 aliphatic heterocycles. The van der Waals surface area contributed by atoms with Gasteiger partial charge in [0.05, 0.1) is 37.2 Å². The fraction of sp³-hybridized carbons (Fsp3) is 0.379. The first-order valence-electron chi connectivity index (χ1n) is 12.7. The molecule has 0 spiro atoms. The number of allylic oxidation sites excluding steroid dienone is 3. The maximum atomic E-state index is 13.7. The highest BCUT2D eigenvalue weighted by Gasteiger charge is 2.29. The molecule has 37 heavy (non-hydrogen) atoms. The first kappa shape index (κ1) is 26.6. The predicted octanol–water partition coefficient (Wildman–Crippen LogP) is 3.33. The van der Waals surface area contributed by atoms with Crippen LogP contribution in [0.15, 0.2) is 76.9 Å². The second kappa shape index (κ2) is 11.7. The molecule has 1 unspecified atom stereocenters. The molecule has 1 aromatic carbocycles. The molecule has 8 heteroatoms. The number of halogens is 1. The third-order valence-electron chi connectivity index (χ3n) is 7.08. The minimum absolute atomic E-state index is 0.177. The summed E-state index contributed by atoms with van der Waals surface area (Å²) in [6.45, 7) is 16.2. The molecule has 3 heterocycles. The van der Waals surface area contributed by atoms with Gasteiger partial charge in [-0.2, -0.15) is 0 Å². The zero-order valence-corrected chi connectivity index (χ0v) is 21.7. The monoisotopic (exact) mass is 506 g/mol. The highest BCUT2D eigenvalue weighted by Crippen LogP contribution is 2.25. The molecule has 1 fully saturated rings. The molecule has 0 radical (unpaired) electrons. The van der Waals surface area contributed by atoms with Gasteiger partial charge < -0.3 is 9.64 Å². The van der Waals surface area contributed by atoms with Crippen molar-refractivity contribution in [3.05, 3.63) is 111 Å². The van der Waals surface area contributed by atoms with Gasteiger partial charge in [-0.05, 0) is 37.1 Å². The first-order chi connectivity index (χ1) is 17.8. The van der Waals surface area contributed by atoms with E-state index in [1.165, 1.54) is 16.7 Å². The van der Waals surface area contributed by atoms with E-state index in [9.17, 15) is 14.0 Å². The summed E-state index contributed by atoms with van der Waals surface area (Å²) in [5.41, 5.74) is 2.97. The molecule has 0 amide bonds. The molecule has 1 saturated heterocycles. The summed E-state index contributed by atoms with van der Waals surface area (Å²) in [6.07, 6.45) is 7.63. The molecular formula is C29H35FN4O3. The van der Waals surface area contributed by atoms with Gasteiger partial charge in [-0.25, -0.2) is 9.18 Å². The van der Waals surface area contributed by atoms with Gasteiger partial charge in [0.25, 0.3) is 5.56 Å². The average molecular weight is 507 g/mol. The highest BCUT2D eigenvalue weighted by molar-refractivity contribution is 5.62. The van der Waals surface area contributed by atoms with Crippen LogP contribution in [0.25, 0.3) is 5.70 Å². The van der Waals surface area contributed by atoms with Crippen LogP contribution in [0, 0.1) is 12.7 Å². The van der Waals surface area contributed by atoms with Gasteiger partial charge in [0.1, 0.15) is 5.82 Å². The number of aromatic nitrogens is 2. The molecular weight excluding hydrogens is 471 g/mol. The lowest BCUT2D eigenvalue weighted by Crippen LogP contribution is -2.52. The Balaban J connectivity index is 1.70. The summed E-state index contributed by atoms with van der Waals surface area (Å²) < 4.78 is 21.9. The number of hydrogen-bond donors (Lipinski definition) is 0. The van der Waals surface area contributed by atoms with E-state index < -0.39 is 0 Å². The van der Waals surface area contributed by atoms with Gasteiger partial charge in [-0.3, -0.25) is 18.8 Å². The number of fused-ring (bicyclic) bond motifs is 1. The smallest absolute Gasteiger partial charge is 0.331 e. The van der Waals surface area contributed by atoms with E-state index in [1.807, 2.05) is 30.1 Å². The van der Waals surface area contributed by atoms with Crippen LogP contribution in [0.3, 0.4) is 0 Å². The summed E-state index contributed by atoms with van der Waals surface area (Å²) in [5, 5.41) is 0. The van der Waals surface area contributed by atoms with Crippen molar-refractivity contribution in [3.63, 3.8) is 0 Å². The van der Waals surface area contributed by atoms with Crippen LogP contribution < -0.4 is 11.2 Å². The van der Waals surface area contributed by atoms with Crippen LogP contribution in [0.5, 0.6) is 0 Å². The van der Waals surface area contributed by atoms with Crippen LogP contribution in [0.2, 0.25) is 0 Å². The predicted molar refractivity (Wildman–Crippen MR) is 145 cm³/mol. The van der Waals surface area contributed by atoms with E-state index in [4.69, 9.17) is 4.74 Å². The minimum Gasteiger partial charge on any atom is -0.379 e. The summed E-state index contributed by atoms with van der Waals surface area (Å²) in [5.74, 6) is -0.287. The Hall–Kier alpha value is -3.49. The van der Waals surface area contributed by atoms with Crippen LogP contribution in [-0.2, 0) is 24.4 Å². The molecule has 7 nitrogen and oxygen atoms in total. The van der Waals surface area contributed by atoms with Gasteiger partial charge in [0.2, 0.25) is 0 Å². The normalized spacial score (nSPS) is 17.8. The van der Waals surface area contributed by atoms with Crippen LogP contribution in [-0.4, -0.2) is 57.8 Å². The Bertz CT molecular complexity index is 1330. The lowest BCUT2D eigenvalue weighted by Gasteiger charge is -2.37. The third-order valence-corrected chi connectivity index (χ3v) is 7.08. The Morgan fingerprint density at radius 3 is 2.49 bits per heavy atom. The second-order valence-corrected chi connectivity index (χ2v) is 9.38. The van der Waals surface area contributed by atoms with Crippen LogP contribution >= 0.6 is 0 Å². The fourth-order valence-corrected chi connectivity index (χ4v) is 5.17. The Morgan fingerprint density at radius 1 is 1.14 bits per heavy atom. The standard InChI is InChI=1S/C29H35FN4O3/c1-5-7-24(8-6-2)26(31-15-17-37-18-16-31)20-34-28(35)21(3)27-22(4)32(13-14-33(27)29(34)36)19-23-9-11-25(30)12-10-23/h5-12,26H,1,4,13-20H2,2-3H3/b8-6-,24-7+. The van der Waals surface area contributed by atoms with Crippen LogP contribution in [0.4, 0.5) is 4.39 Å². The zero-order chi connectivity index (χ0) is 26.5. The van der Waals surface area contributed by atoms with E-state index >= 15 is 0 Å². The summed E-state index contributed by atoms with van der Waals surface area (Å²) >= 11 is 0. The number of benzene rings is 1. The van der Waals surface area contributed by atoms with E-state index in [2.05, 4.69) is 18.1 Å². The van der Waals surface area contributed by atoms with Crippen molar-refractivity contribution < 1.29 is 9.13 Å². The topological polar surface area (TPSA) is 59.7 Å². The van der Waals surface area contributed by atoms with E-state index in [-0.39, 0.29) is 29.7 Å². The van der Waals surface area contributed by atoms with Crippen molar-refractivity contribution in [1.82, 2.24) is 18.9 Å². The molecule has 196 valence electrons. The van der Waals surface area contributed by atoms with Gasteiger partial charge in [-0.1, -0.05) is 49.6 Å². The molecule has 1 atom stereocenters. The van der Waals surface area contributed by atoms with Crippen molar-refractivity contribution in [2.24, 2.45) is 0 Å². The SMILES string of the molecule is C=C/C=C(\C=C/C)C(Cn1c(=O)c(C)c2n(c1=O)CCN(Cc1ccc(F)cc1)C2=C)N1CCOCC1. The van der Waals surface area contributed by atoms with Crippen molar-refractivity contribution in [2.75, 3.05) is 32.8 Å². The van der Waals surface area contributed by atoms with E-state index in [0.717, 1.165) is 11.1 Å². The number of hydrogen-bond acceptors (Lipinski definition) is 5. The molecule has 0 N–H and O–H groups in total. The van der Waals surface area contributed by atoms with E-state index in [0.29, 0.717) is 62.9 Å². The average Bonchev–Trinajstić information content (AvgIpc) is 2.90. The molecule has 2 aromatic rings.